The van der Waals surface area contributed by atoms with Crippen LogP contribution in [0.25, 0.3) is 0 Å². The third-order valence-corrected chi connectivity index (χ3v) is 4.09. The normalized spacial score (nSPS) is 18.0. The van der Waals surface area contributed by atoms with E-state index in [4.69, 9.17) is 0 Å². The van der Waals surface area contributed by atoms with Gasteiger partial charge >= 0.3 is 0 Å². The molecule has 1 aromatic carbocycles. The van der Waals surface area contributed by atoms with Gasteiger partial charge < -0.3 is 10.2 Å². The lowest BCUT2D eigenvalue weighted by molar-refractivity contribution is -0.125. The van der Waals surface area contributed by atoms with Crippen molar-refractivity contribution in [1.82, 2.24) is 10.2 Å². The summed E-state index contributed by atoms with van der Waals surface area (Å²) in [5, 5.41) is 3.08. The molecule has 1 unspecified atom stereocenters. The molecule has 1 amide bonds. The predicted octanol–water partition coefficient (Wildman–Crippen LogP) is 3.11. The third kappa shape index (κ3) is 5.01. The topological polar surface area (TPSA) is 32.3 Å². The minimum Gasteiger partial charge on any atom is -0.352 e. The average Bonchev–Trinajstić information content (AvgIpc) is 2.53. The zero-order valence-corrected chi connectivity index (χ0v) is 13.1. The fourth-order valence-electron chi connectivity index (χ4n) is 2.63. The lowest BCUT2D eigenvalue weighted by Gasteiger charge is -2.18. The summed E-state index contributed by atoms with van der Waals surface area (Å²) < 4.78 is 0. The second-order valence-electron chi connectivity index (χ2n) is 5.85. The highest BCUT2D eigenvalue weighted by atomic mass is 16.1. The molecule has 0 heterocycles. The van der Waals surface area contributed by atoms with E-state index < -0.39 is 0 Å². The monoisotopic (exact) mass is 286 g/mol. The van der Waals surface area contributed by atoms with Gasteiger partial charge in [-0.25, -0.2) is 0 Å². The van der Waals surface area contributed by atoms with Gasteiger partial charge in [-0.1, -0.05) is 43.3 Å². The molecule has 2 rings (SSSR count). The van der Waals surface area contributed by atoms with Gasteiger partial charge in [-0.3, -0.25) is 4.79 Å². The smallest absolute Gasteiger partial charge is 0.223 e. The summed E-state index contributed by atoms with van der Waals surface area (Å²) in [6.07, 6.45) is 7.17. The van der Waals surface area contributed by atoms with Gasteiger partial charge in [-0.2, -0.15) is 0 Å². The van der Waals surface area contributed by atoms with Crippen LogP contribution in [-0.2, 0) is 17.9 Å². The van der Waals surface area contributed by atoms with E-state index in [-0.39, 0.29) is 11.8 Å². The van der Waals surface area contributed by atoms with Crippen LogP contribution in [0, 0.1) is 5.92 Å². The summed E-state index contributed by atoms with van der Waals surface area (Å²) >= 11 is 0. The zero-order valence-electron chi connectivity index (χ0n) is 13.1. The first-order chi connectivity index (χ1) is 10.2. The van der Waals surface area contributed by atoms with Crippen molar-refractivity contribution in [1.29, 1.82) is 0 Å². The summed E-state index contributed by atoms with van der Waals surface area (Å²) in [5.74, 6) is 0.347. The molecule has 1 aliphatic rings. The van der Waals surface area contributed by atoms with Crippen molar-refractivity contribution < 1.29 is 4.79 Å². The van der Waals surface area contributed by atoms with Gasteiger partial charge in [-0.15, -0.1) is 0 Å². The Labute approximate surface area is 128 Å². The van der Waals surface area contributed by atoms with Crippen LogP contribution in [0.2, 0.25) is 0 Å². The number of benzene rings is 1. The molecule has 0 spiro atoms. The van der Waals surface area contributed by atoms with E-state index in [1.165, 1.54) is 11.1 Å². The van der Waals surface area contributed by atoms with Crippen LogP contribution in [0.1, 0.15) is 37.3 Å². The average molecular weight is 286 g/mol. The number of amides is 1. The first-order valence-electron chi connectivity index (χ1n) is 7.88. The molecule has 3 nitrogen and oxygen atoms in total. The van der Waals surface area contributed by atoms with E-state index in [0.717, 1.165) is 32.4 Å². The molecule has 0 saturated carbocycles. The van der Waals surface area contributed by atoms with Gasteiger partial charge in [0.2, 0.25) is 5.91 Å². The highest BCUT2D eigenvalue weighted by Gasteiger charge is 2.17. The molecule has 1 aromatic rings. The lowest BCUT2D eigenvalue weighted by Crippen LogP contribution is -2.30. The number of nitrogens with zero attached hydrogens (tertiary/aromatic N) is 1. The Morgan fingerprint density at radius 3 is 2.86 bits per heavy atom. The molecule has 21 heavy (non-hydrogen) atoms. The molecule has 0 aliphatic heterocycles. The molecule has 3 heteroatoms. The van der Waals surface area contributed by atoms with Crippen molar-refractivity contribution in [2.75, 3.05) is 13.6 Å². The molecule has 114 valence electrons. The first-order valence-corrected chi connectivity index (χ1v) is 7.88. The quantitative estimate of drug-likeness (QED) is 0.815. The highest BCUT2D eigenvalue weighted by molar-refractivity contribution is 5.78. The van der Waals surface area contributed by atoms with Crippen molar-refractivity contribution in [3.63, 3.8) is 0 Å². The third-order valence-electron chi connectivity index (χ3n) is 4.09. The minimum atomic E-state index is 0.157. The first kappa shape index (κ1) is 15.8. The van der Waals surface area contributed by atoms with Crippen LogP contribution < -0.4 is 5.32 Å². The predicted molar refractivity (Wildman–Crippen MR) is 86.8 cm³/mol. The second kappa shape index (κ2) is 7.99. The van der Waals surface area contributed by atoms with Gasteiger partial charge in [0.15, 0.2) is 0 Å². The maximum Gasteiger partial charge on any atom is 0.223 e. The largest absolute Gasteiger partial charge is 0.352 e. The standard InChI is InChI=1S/C18H26N2O/c1-3-20(2)14-16-9-7-8-15(12-16)13-19-18(21)17-10-5-4-6-11-17/h4-5,7-9,12,17H,3,6,10-11,13-14H2,1-2H3,(H,19,21). The highest BCUT2D eigenvalue weighted by Crippen LogP contribution is 2.18. The fraction of sp³-hybridized carbons (Fsp3) is 0.500. The Bertz CT molecular complexity index is 496. The maximum absolute atomic E-state index is 12.1. The minimum absolute atomic E-state index is 0.157. The fourth-order valence-corrected chi connectivity index (χ4v) is 2.63. The second-order valence-corrected chi connectivity index (χ2v) is 5.85. The Balaban J connectivity index is 1.86. The molecule has 0 fully saturated rings. The van der Waals surface area contributed by atoms with Gasteiger partial charge in [0.1, 0.15) is 0 Å². The van der Waals surface area contributed by atoms with E-state index in [2.05, 4.69) is 60.6 Å². The molecule has 1 aliphatic carbocycles. The molecule has 0 saturated heterocycles. The van der Waals surface area contributed by atoms with Crippen molar-refractivity contribution in [3.05, 3.63) is 47.5 Å². The van der Waals surface area contributed by atoms with Crippen LogP contribution in [0.5, 0.6) is 0 Å². The summed E-state index contributed by atoms with van der Waals surface area (Å²) in [7, 11) is 2.12. The Morgan fingerprint density at radius 1 is 1.33 bits per heavy atom. The maximum atomic E-state index is 12.1. The van der Waals surface area contributed by atoms with Gasteiger partial charge in [0.05, 0.1) is 0 Å². The van der Waals surface area contributed by atoms with Crippen LogP contribution in [0.4, 0.5) is 0 Å². The number of hydrogen-bond acceptors (Lipinski definition) is 2. The molecule has 0 radical (unpaired) electrons. The van der Waals surface area contributed by atoms with Gasteiger partial charge in [0, 0.05) is 19.0 Å². The number of carbonyl (C=O) groups excluding carboxylic acids is 1. The number of nitrogens with one attached hydrogen (secondary N) is 1. The Hall–Kier alpha value is -1.61. The molecular formula is C18H26N2O. The van der Waals surface area contributed by atoms with Crippen LogP contribution >= 0.6 is 0 Å². The summed E-state index contributed by atoms with van der Waals surface area (Å²) in [6.45, 7) is 4.77. The number of allylic oxidation sites excluding steroid dienone is 2. The lowest BCUT2D eigenvalue weighted by atomic mass is 9.93. The Kier molecular flexibility index (Phi) is 6.00. The van der Waals surface area contributed by atoms with Crippen molar-refractivity contribution in [3.8, 4) is 0 Å². The SMILES string of the molecule is CCN(C)Cc1cccc(CNC(=O)C2CC=CCC2)c1. The summed E-state index contributed by atoms with van der Waals surface area (Å²) in [6, 6.07) is 8.48. The van der Waals surface area contributed by atoms with E-state index in [9.17, 15) is 4.79 Å². The number of rotatable bonds is 6. The van der Waals surface area contributed by atoms with E-state index in [1.54, 1.807) is 0 Å². The molecular weight excluding hydrogens is 260 g/mol. The Morgan fingerprint density at radius 2 is 2.14 bits per heavy atom. The van der Waals surface area contributed by atoms with E-state index in [0.29, 0.717) is 6.54 Å². The zero-order chi connectivity index (χ0) is 15.1. The van der Waals surface area contributed by atoms with E-state index in [1.807, 2.05) is 0 Å². The summed E-state index contributed by atoms with van der Waals surface area (Å²) in [5.41, 5.74) is 2.48. The molecule has 0 bridgehead atoms. The van der Waals surface area contributed by atoms with Crippen molar-refractivity contribution in [2.24, 2.45) is 5.92 Å². The van der Waals surface area contributed by atoms with Gasteiger partial charge in [0.25, 0.3) is 0 Å². The van der Waals surface area contributed by atoms with Crippen LogP contribution in [0.15, 0.2) is 36.4 Å². The molecule has 0 aromatic heterocycles. The molecule has 1 N–H and O–H groups in total. The van der Waals surface area contributed by atoms with E-state index >= 15 is 0 Å². The number of hydrogen-bond donors (Lipinski definition) is 1. The van der Waals surface area contributed by atoms with Crippen molar-refractivity contribution in [2.45, 2.75) is 39.3 Å². The van der Waals surface area contributed by atoms with Crippen molar-refractivity contribution >= 4 is 5.91 Å². The van der Waals surface area contributed by atoms with Crippen LogP contribution in [-0.4, -0.2) is 24.4 Å². The number of carbonyl (C=O) groups is 1. The van der Waals surface area contributed by atoms with Gasteiger partial charge in [-0.05, 0) is 44.0 Å². The van der Waals surface area contributed by atoms with Crippen LogP contribution in [0.3, 0.4) is 0 Å². The molecule has 1 atom stereocenters. The summed E-state index contributed by atoms with van der Waals surface area (Å²) in [4.78, 5) is 14.4.